The number of rotatable bonds is 8. The summed E-state index contributed by atoms with van der Waals surface area (Å²) >= 11 is 0. The third-order valence-corrected chi connectivity index (χ3v) is 4.48. The van der Waals surface area contributed by atoms with Gasteiger partial charge in [-0.1, -0.05) is 75.1 Å². The minimum absolute atomic E-state index is 0.131. The van der Waals surface area contributed by atoms with E-state index in [1.165, 1.54) is 0 Å². The maximum atomic E-state index is 13.4. The van der Waals surface area contributed by atoms with Crippen LogP contribution in [-0.2, 0) is 15.1 Å². The number of hydrogen-bond donors (Lipinski definition) is 1. The van der Waals surface area contributed by atoms with Crippen molar-refractivity contribution in [3.05, 3.63) is 35.9 Å². The van der Waals surface area contributed by atoms with Crippen LogP contribution in [-0.4, -0.2) is 43.5 Å². The molecule has 1 aliphatic carbocycles. The lowest BCUT2D eigenvalue weighted by Crippen LogP contribution is -2.45. The zero-order valence-corrected chi connectivity index (χ0v) is 14.4. The van der Waals surface area contributed by atoms with Crippen LogP contribution in [0.4, 0.5) is 0 Å². The highest BCUT2D eigenvalue weighted by Gasteiger charge is 2.46. The first kappa shape index (κ1) is 8.91. The van der Waals surface area contributed by atoms with Crippen molar-refractivity contribution in [2.75, 3.05) is 26.1 Å². The Morgan fingerprint density at radius 3 is 2.69 bits per heavy atom. The molecule has 2 rings (SSSR count). The maximum absolute atomic E-state index is 13.4. The largest absolute Gasteiger partial charge is 0.450 e. The van der Waals surface area contributed by atoms with Gasteiger partial charge in [0.05, 0.1) is 9.29 Å². The van der Waals surface area contributed by atoms with E-state index in [1.807, 2.05) is 11.8 Å². The van der Waals surface area contributed by atoms with Crippen molar-refractivity contribution >= 4 is 5.97 Å². The fourth-order valence-corrected chi connectivity index (χ4v) is 3.12. The standard InChI is InChI=1S/C22H31NO3/c1-3-23(4-2)17-11-12-18-26-21(24)22(25,19-13-7-5-8-14-19)20-15-9-6-10-16-20/h5,7-8,13-14,20,25H,3-4,6,9-10,15-18H2,1-2H3/i1D3,2D3,3D2,4D2,18D2,25D. The van der Waals surface area contributed by atoms with Gasteiger partial charge in [0, 0.05) is 19.6 Å². The van der Waals surface area contributed by atoms with Gasteiger partial charge in [-0.2, -0.15) is 0 Å². The summed E-state index contributed by atoms with van der Waals surface area (Å²) < 4.78 is 105. The minimum atomic E-state index is -3.51. The fourth-order valence-electron chi connectivity index (χ4n) is 3.12. The molecular formula is C22H31NO3. The Morgan fingerprint density at radius 1 is 1.31 bits per heavy atom. The molecule has 1 saturated carbocycles. The molecule has 1 unspecified atom stereocenters. The second-order valence-corrected chi connectivity index (χ2v) is 6.04. The summed E-state index contributed by atoms with van der Waals surface area (Å²) in [5.41, 5.74) is -1.69. The van der Waals surface area contributed by atoms with Gasteiger partial charge in [0.2, 0.25) is 1.43 Å². The van der Waals surface area contributed by atoms with Gasteiger partial charge in [0.25, 0.3) is 0 Å². The zero-order chi connectivity index (χ0) is 29.9. The lowest BCUT2D eigenvalue weighted by Gasteiger charge is -2.36. The van der Waals surface area contributed by atoms with E-state index in [0.29, 0.717) is 12.8 Å². The van der Waals surface area contributed by atoms with Crippen molar-refractivity contribution in [2.45, 2.75) is 51.4 Å². The van der Waals surface area contributed by atoms with Gasteiger partial charge >= 0.3 is 5.97 Å². The highest BCUT2D eigenvalue weighted by atomic mass is 16.5. The van der Waals surface area contributed by atoms with Crippen LogP contribution in [0.25, 0.3) is 0 Å². The first-order chi connectivity index (χ1) is 17.7. The number of ether oxygens (including phenoxy) is 1. The average molecular weight is 371 g/mol. The van der Waals surface area contributed by atoms with E-state index < -0.39 is 57.3 Å². The van der Waals surface area contributed by atoms with Crippen molar-refractivity contribution in [3.8, 4) is 11.8 Å². The Hall–Kier alpha value is -1.83. The number of aliphatic hydroxyl groups is 1. The van der Waals surface area contributed by atoms with E-state index in [9.17, 15) is 4.79 Å². The fraction of sp³-hybridized carbons (Fsp3) is 0.591. The molecule has 1 fully saturated rings. The average Bonchev–Trinajstić information content (AvgIpc) is 2.82. The number of benzene rings is 1. The molecule has 0 radical (unpaired) electrons. The Labute approximate surface area is 175 Å². The van der Waals surface area contributed by atoms with E-state index in [0.717, 1.165) is 19.3 Å². The molecule has 4 heteroatoms. The van der Waals surface area contributed by atoms with E-state index in [2.05, 4.69) is 0 Å². The predicted octanol–water partition coefficient (Wildman–Crippen LogP) is 3.34. The molecule has 0 aromatic heterocycles. The Kier molecular flexibility index (Phi) is 3.55. The molecule has 0 bridgehead atoms. The van der Waals surface area contributed by atoms with E-state index in [-0.39, 0.29) is 10.5 Å². The number of esters is 1. The highest BCUT2D eigenvalue weighted by Crippen LogP contribution is 2.40. The summed E-state index contributed by atoms with van der Waals surface area (Å²) in [7, 11) is 0. The lowest BCUT2D eigenvalue weighted by atomic mass is 9.73. The van der Waals surface area contributed by atoms with Crippen LogP contribution < -0.4 is 0 Å². The molecule has 1 aromatic carbocycles. The first-order valence-corrected chi connectivity index (χ1v) is 8.45. The Morgan fingerprint density at radius 2 is 2.04 bits per heavy atom. The third-order valence-electron chi connectivity index (χ3n) is 4.48. The van der Waals surface area contributed by atoms with E-state index >= 15 is 0 Å². The highest BCUT2D eigenvalue weighted by molar-refractivity contribution is 5.81. The summed E-state index contributed by atoms with van der Waals surface area (Å²) in [6.07, 6.45) is 3.47. The summed E-state index contributed by atoms with van der Waals surface area (Å²) in [6.45, 7) is -18.2. The molecule has 1 atom stereocenters. The van der Waals surface area contributed by atoms with Crippen LogP contribution >= 0.6 is 0 Å². The first-order valence-electron chi connectivity index (χ1n) is 14.9. The molecule has 1 aromatic rings. The molecule has 4 nitrogen and oxygen atoms in total. The number of carbonyl (C=O) groups excluding carboxylic acids is 1. The van der Waals surface area contributed by atoms with Gasteiger partial charge in [-0.15, -0.1) is 0 Å². The topological polar surface area (TPSA) is 49.8 Å². The van der Waals surface area contributed by atoms with Crippen LogP contribution in [0.2, 0.25) is 0 Å². The van der Waals surface area contributed by atoms with Gasteiger partial charge in [-0.3, -0.25) is 4.90 Å². The Bertz CT molecular complexity index is 1020. The third kappa shape index (κ3) is 5.09. The number of nitrogens with zero attached hydrogens (tertiary/aromatic N) is 1. The normalized spacial score (nSPS) is 27.2. The van der Waals surface area contributed by atoms with Gasteiger partial charge in [0.1, 0.15) is 0 Å². The van der Waals surface area contributed by atoms with Crippen molar-refractivity contribution < 1.29 is 31.1 Å². The van der Waals surface area contributed by atoms with Crippen LogP contribution in [0.3, 0.4) is 0 Å². The van der Waals surface area contributed by atoms with Crippen LogP contribution in [0.1, 0.15) is 67.8 Å². The van der Waals surface area contributed by atoms with Crippen LogP contribution in [0.5, 0.6) is 0 Å². The van der Waals surface area contributed by atoms with E-state index in [1.54, 1.807) is 30.3 Å². The van der Waals surface area contributed by atoms with Gasteiger partial charge in [-0.05, 0) is 31.4 Å². The molecule has 142 valence electrons. The second kappa shape index (κ2) is 10.4. The second-order valence-electron chi connectivity index (χ2n) is 6.04. The molecule has 0 aliphatic heterocycles. The molecule has 0 amide bonds. The van der Waals surface area contributed by atoms with E-state index in [4.69, 9.17) is 27.7 Å². The molecular weight excluding hydrogens is 326 g/mol. The van der Waals surface area contributed by atoms with Gasteiger partial charge in [-0.25, -0.2) is 4.79 Å². The zero-order valence-electron chi connectivity index (χ0n) is 27.4. The quantitative estimate of drug-likeness (QED) is 0.563. The lowest BCUT2D eigenvalue weighted by molar-refractivity contribution is -0.174. The number of hydrogen-bond acceptors (Lipinski definition) is 4. The van der Waals surface area contributed by atoms with Crippen molar-refractivity contribution in [1.29, 1.82) is 1.43 Å². The van der Waals surface area contributed by atoms with Crippen molar-refractivity contribution in [2.24, 2.45) is 5.92 Å². The summed E-state index contributed by atoms with van der Waals surface area (Å²) in [4.78, 5) is 13.3. The molecule has 0 saturated heterocycles. The number of carbonyl (C=O) groups is 1. The SMILES string of the molecule is [2H]OC(C(=O)OC([2H])([2H])C#CCN(C([2H])([2H])C([2H])([2H])[2H])C([2H])([2H])C([2H])([2H])[2H])(c1ccccc1)C1CCCCC1. The summed E-state index contributed by atoms with van der Waals surface area (Å²) in [5.74, 6) is 2.19. The smallest absolute Gasteiger partial charge is 0.344 e. The van der Waals surface area contributed by atoms with Crippen molar-refractivity contribution in [1.82, 2.24) is 4.90 Å². The molecule has 26 heavy (non-hydrogen) atoms. The molecule has 1 N–H and O–H groups in total. The van der Waals surface area contributed by atoms with Crippen LogP contribution in [0.15, 0.2) is 30.3 Å². The van der Waals surface area contributed by atoms with Crippen LogP contribution in [0, 0.1) is 17.8 Å². The predicted molar refractivity (Wildman–Crippen MR) is 103 cm³/mol. The summed E-state index contributed by atoms with van der Waals surface area (Å²) in [6, 6.07) is 8.05. The maximum Gasteiger partial charge on any atom is 0.344 e. The van der Waals surface area contributed by atoms with Gasteiger partial charge < -0.3 is 9.85 Å². The summed E-state index contributed by atoms with van der Waals surface area (Å²) in [5, 5.41) is 5.01. The minimum Gasteiger partial charge on any atom is -0.450 e. The molecule has 1 aliphatic rings. The Balaban J connectivity index is 2.42. The molecule has 0 spiro atoms. The van der Waals surface area contributed by atoms with Gasteiger partial charge in [0.15, 0.2) is 12.2 Å². The monoisotopic (exact) mass is 370 g/mol. The molecule has 0 heterocycles. The van der Waals surface area contributed by atoms with Crippen molar-refractivity contribution in [3.63, 3.8) is 0 Å².